The number of rotatable bonds is 2. The van der Waals surface area contributed by atoms with Crippen LogP contribution in [0.1, 0.15) is 6.92 Å². The molecule has 0 fully saturated rings. The predicted molar refractivity (Wildman–Crippen MR) is 39.4 cm³/mol. The summed E-state index contributed by atoms with van der Waals surface area (Å²) in [5.74, 6) is -0.0886. The molecule has 0 amide bonds. The Morgan fingerprint density at radius 3 is 3.00 bits per heavy atom. The number of carbonyl (C=O) groups excluding carboxylic acids is 1. The minimum Gasteiger partial charge on any atom is -0.457 e. The fourth-order valence-corrected chi connectivity index (χ4v) is 0.714. The van der Waals surface area contributed by atoms with Crippen molar-refractivity contribution in [1.29, 1.82) is 0 Å². The summed E-state index contributed by atoms with van der Waals surface area (Å²) < 4.78 is 4.73. The van der Waals surface area contributed by atoms with E-state index in [9.17, 15) is 4.79 Å². The molecule has 1 aliphatic heterocycles. The summed E-state index contributed by atoms with van der Waals surface area (Å²) in [7, 11) is 1.77. The lowest BCUT2D eigenvalue weighted by atomic mass is 10.5. The van der Waals surface area contributed by atoms with Gasteiger partial charge in [-0.2, -0.15) is 0 Å². The Labute approximate surface area is 64.4 Å². The molecule has 0 aromatic carbocycles. The van der Waals surface area contributed by atoms with E-state index in [4.69, 9.17) is 4.74 Å². The van der Waals surface area contributed by atoms with Crippen molar-refractivity contribution in [2.45, 2.75) is 6.92 Å². The van der Waals surface area contributed by atoms with Crippen LogP contribution in [0.3, 0.4) is 0 Å². The molecular weight excluding hydrogens is 146 g/mol. The van der Waals surface area contributed by atoms with Crippen molar-refractivity contribution < 1.29 is 14.4 Å². The maximum atomic E-state index is 11.0. The predicted octanol–water partition coefficient (Wildman–Crippen LogP) is -1.58. The van der Waals surface area contributed by atoms with Crippen LogP contribution in [0.4, 0.5) is 0 Å². The standard InChI is InChI=1S/C6H9N3O2/c1-3-11-6(10)5-8-7-4-9(5)2/h4H,3H2,1-2H3/p+1. The maximum absolute atomic E-state index is 11.0. The van der Waals surface area contributed by atoms with E-state index in [1.165, 1.54) is 6.34 Å². The van der Waals surface area contributed by atoms with E-state index in [1.54, 1.807) is 14.0 Å². The molecule has 5 nitrogen and oxygen atoms in total. The van der Waals surface area contributed by atoms with Crippen molar-refractivity contribution in [2.75, 3.05) is 13.7 Å². The largest absolute Gasteiger partial charge is 0.457 e. The highest BCUT2D eigenvalue weighted by atomic mass is 16.5. The third-order valence-electron chi connectivity index (χ3n) is 1.25. The summed E-state index contributed by atoms with van der Waals surface area (Å²) >= 11 is 0. The van der Waals surface area contributed by atoms with Gasteiger partial charge in [0.15, 0.2) is 0 Å². The third-order valence-corrected chi connectivity index (χ3v) is 1.25. The molecule has 0 aromatic heterocycles. The first kappa shape index (κ1) is 7.87. The Hall–Kier alpha value is -1.23. The normalized spacial score (nSPS) is 21.6. The molecule has 0 bridgehead atoms. The summed E-state index contributed by atoms with van der Waals surface area (Å²) in [4.78, 5) is 11.8. The lowest BCUT2D eigenvalue weighted by Crippen LogP contribution is -3.10. The van der Waals surface area contributed by atoms with Crippen LogP contribution in [0.15, 0.2) is 10.2 Å². The van der Waals surface area contributed by atoms with Gasteiger partial charge in [-0.25, -0.2) is 9.69 Å². The molecule has 0 aromatic rings. The zero-order chi connectivity index (χ0) is 8.27. The smallest absolute Gasteiger partial charge is 0.416 e. The SMILES string of the molecule is CCOC(=O)C1=NN=C[NH+]1C. The zero-order valence-corrected chi connectivity index (χ0v) is 6.50. The Bertz CT molecular complexity index is 222. The van der Waals surface area contributed by atoms with E-state index in [0.717, 1.165) is 4.90 Å². The van der Waals surface area contributed by atoms with Gasteiger partial charge in [-0.1, -0.05) is 10.2 Å². The Kier molecular flexibility index (Phi) is 2.32. The number of likely N-dealkylation sites (N-methyl/N-ethyl adjacent to an activating group) is 1. The van der Waals surface area contributed by atoms with Crippen LogP contribution in [-0.4, -0.2) is 31.8 Å². The van der Waals surface area contributed by atoms with Crippen molar-refractivity contribution in [1.82, 2.24) is 0 Å². The first-order valence-electron chi connectivity index (χ1n) is 3.37. The van der Waals surface area contributed by atoms with E-state index in [0.29, 0.717) is 12.4 Å². The van der Waals surface area contributed by atoms with Crippen molar-refractivity contribution in [3.8, 4) is 0 Å². The van der Waals surface area contributed by atoms with Crippen molar-refractivity contribution >= 4 is 18.1 Å². The van der Waals surface area contributed by atoms with Gasteiger partial charge in [0, 0.05) is 0 Å². The molecule has 60 valence electrons. The Morgan fingerprint density at radius 2 is 2.55 bits per heavy atom. The van der Waals surface area contributed by atoms with Gasteiger partial charge in [-0.15, -0.1) is 0 Å². The molecule has 0 saturated heterocycles. The van der Waals surface area contributed by atoms with E-state index in [-0.39, 0.29) is 0 Å². The number of ether oxygens (including phenoxy) is 1. The number of carbonyl (C=O) groups is 1. The molecule has 1 heterocycles. The van der Waals surface area contributed by atoms with Crippen LogP contribution in [0.2, 0.25) is 0 Å². The number of esters is 1. The number of hydrogen-bond donors (Lipinski definition) is 1. The van der Waals surface area contributed by atoms with Crippen molar-refractivity contribution in [2.24, 2.45) is 10.2 Å². The summed E-state index contributed by atoms with van der Waals surface area (Å²) in [5, 5.41) is 7.18. The topological polar surface area (TPSA) is 55.5 Å². The molecule has 1 unspecified atom stereocenters. The molecule has 1 aliphatic rings. The van der Waals surface area contributed by atoms with Gasteiger partial charge in [0.05, 0.1) is 13.7 Å². The quantitative estimate of drug-likeness (QED) is 0.490. The molecule has 0 radical (unpaired) electrons. The zero-order valence-electron chi connectivity index (χ0n) is 6.50. The number of nitrogens with zero attached hydrogens (tertiary/aromatic N) is 2. The molecule has 0 saturated carbocycles. The monoisotopic (exact) mass is 156 g/mol. The van der Waals surface area contributed by atoms with Gasteiger partial charge >= 0.3 is 11.8 Å². The number of hydrogen-bond acceptors (Lipinski definition) is 4. The fraction of sp³-hybridized carbons (Fsp3) is 0.500. The number of quaternary nitrogens is 1. The molecule has 1 N–H and O–H groups in total. The van der Waals surface area contributed by atoms with Crippen LogP contribution >= 0.6 is 0 Å². The first-order chi connectivity index (χ1) is 5.25. The highest BCUT2D eigenvalue weighted by Gasteiger charge is 2.25. The van der Waals surface area contributed by atoms with E-state index in [2.05, 4.69) is 10.2 Å². The lowest BCUT2D eigenvalue weighted by molar-refractivity contribution is -0.661. The summed E-state index contributed by atoms with van der Waals surface area (Å²) in [6.45, 7) is 2.12. The second-order valence-corrected chi connectivity index (χ2v) is 2.10. The average Bonchev–Trinajstić information content (AvgIpc) is 2.36. The van der Waals surface area contributed by atoms with Crippen molar-refractivity contribution in [3.05, 3.63) is 0 Å². The second-order valence-electron chi connectivity index (χ2n) is 2.10. The third kappa shape index (κ3) is 1.62. The van der Waals surface area contributed by atoms with Crippen molar-refractivity contribution in [3.63, 3.8) is 0 Å². The van der Waals surface area contributed by atoms with Crippen LogP contribution < -0.4 is 4.90 Å². The molecule has 0 spiro atoms. The van der Waals surface area contributed by atoms with Gasteiger partial charge in [0.1, 0.15) is 0 Å². The maximum Gasteiger partial charge on any atom is 0.416 e. The highest BCUT2D eigenvalue weighted by molar-refractivity contribution is 6.32. The summed E-state index contributed by atoms with van der Waals surface area (Å²) in [6.07, 6.45) is 1.53. The van der Waals surface area contributed by atoms with Gasteiger partial charge in [0.25, 0.3) is 0 Å². The van der Waals surface area contributed by atoms with E-state index in [1.807, 2.05) is 0 Å². The number of nitrogens with one attached hydrogen (secondary N) is 1. The van der Waals surface area contributed by atoms with Crippen LogP contribution in [0, 0.1) is 0 Å². The molecule has 1 atom stereocenters. The molecule has 0 aliphatic carbocycles. The van der Waals surface area contributed by atoms with E-state index < -0.39 is 5.97 Å². The lowest BCUT2D eigenvalue weighted by Gasteiger charge is -2.02. The molecule has 1 rings (SSSR count). The average molecular weight is 156 g/mol. The summed E-state index contributed by atoms with van der Waals surface area (Å²) in [6, 6.07) is 0. The van der Waals surface area contributed by atoms with Crippen LogP contribution in [-0.2, 0) is 9.53 Å². The van der Waals surface area contributed by atoms with Crippen LogP contribution in [0.5, 0.6) is 0 Å². The fourth-order valence-electron chi connectivity index (χ4n) is 0.714. The Balaban J connectivity index is 2.56. The minimum atomic E-state index is -0.400. The Morgan fingerprint density at radius 1 is 1.82 bits per heavy atom. The molecule has 11 heavy (non-hydrogen) atoms. The number of amidine groups is 1. The van der Waals surface area contributed by atoms with Gasteiger partial charge < -0.3 is 4.74 Å². The molecular formula is C6H10N3O2+. The van der Waals surface area contributed by atoms with E-state index >= 15 is 0 Å². The highest BCUT2D eigenvalue weighted by Crippen LogP contribution is 1.82. The van der Waals surface area contributed by atoms with Gasteiger partial charge in [-0.05, 0) is 6.92 Å². The van der Waals surface area contributed by atoms with Gasteiger partial charge in [-0.3, -0.25) is 0 Å². The molecule has 5 heteroatoms. The summed E-state index contributed by atoms with van der Waals surface area (Å²) in [5.41, 5.74) is 0. The van der Waals surface area contributed by atoms with Gasteiger partial charge in [0.2, 0.25) is 6.34 Å². The second kappa shape index (κ2) is 3.25. The minimum absolute atomic E-state index is 0.312. The first-order valence-corrected chi connectivity index (χ1v) is 3.37. The van der Waals surface area contributed by atoms with Crippen LogP contribution in [0.25, 0.3) is 0 Å².